The highest BCUT2D eigenvalue weighted by Gasteiger charge is 2.12. The second-order valence-electron chi connectivity index (χ2n) is 3.63. The van der Waals surface area contributed by atoms with Crippen molar-refractivity contribution in [1.82, 2.24) is 9.97 Å². The summed E-state index contributed by atoms with van der Waals surface area (Å²) < 4.78 is 0. The Bertz CT molecular complexity index is 537. The van der Waals surface area contributed by atoms with Gasteiger partial charge in [-0.05, 0) is 24.5 Å². The first-order valence-corrected chi connectivity index (χ1v) is 5.55. The molecule has 5 heteroatoms. The predicted octanol–water partition coefficient (Wildman–Crippen LogP) is 2.55. The SMILES string of the molecule is O=C(O)c1nc[nH]c1CCc1ccccc1Cl. The smallest absolute Gasteiger partial charge is 0.356 e. The lowest BCUT2D eigenvalue weighted by atomic mass is 10.1. The van der Waals surface area contributed by atoms with Crippen LogP contribution >= 0.6 is 11.6 Å². The average Bonchev–Trinajstić information content (AvgIpc) is 2.76. The number of carboxylic acid groups (broad SMARTS) is 1. The first-order chi connectivity index (χ1) is 8.18. The van der Waals surface area contributed by atoms with Crippen molar-refractivity contribution in [3.8, 4) is 0 Å². The molecule has 1 aromatic carbocycles. The van der Waals surface area contributed by atoms with Crippen molar-refractivity contribution in [2.45, 2.75) is 12.8 Å². The summed E-state index contributed by atoms with van der Waals surface area (Å²) in [6, 6.07) is 7.53. The van der Waals surface area contributed by atoms with Crippen molar-refractivity contribution in [3.63, 3.8) is 0 Å². The number of aromatic carboxylic acids is 1. The fourth-order valence-corrected chi connectivity index (χ4v) is 1.89. The number of hydrogen-bond donors (Lipinski definition) is 2. The Hall–Kier alpha value is -1.81. The Morgan fingerprint density at radius 1 is 1.35 bits per heavy atom. The number of carboxylic acids is 1. The van der Waals surface area contributed by atoms with Crippen LogP contribution in [-0.4, -0.2) is 21.0 Å². The molecular formula is C12H11ClN2O2. The van der Waals surface area contributed by atoms with E-state index in [9.17, 15) is 4.79 Å². The van der Waals surface area contributed by atoms with Crippen LogP contribution in [0.4, 0.5) is 0 Å². The number of nitrogens with one attached hydrogen (secondary N) is 1. The summed E-state index contributed by atoms with van der Waals surface area (Å²) in [5.74, 6) is -1.01. The number of halogens is 1. The maximum atomic E-state index is 10.9. The highest BCUT2D eigenvalue weighted by molar-refractivity contribution is 6.31. The number of aryl methyl sites for hydroxylation is 2. The molecule has 88 valence electrons. The molecule has 0 aliphatic heterocycles. The number of aromatic nitrogens is 2. The Morgan fingerprint density at radius 2 is 2.12 bits per heavy atom. The molecule has 0 spiro atoms. The van der Waals surface area contributed by atoms with Gasteiger partial charge in [0.2, 0.25) is 0 Å². The van der Waals surface area contributed by atoms with Gasteiger partial charge in [-0.25, -0.2) is 9.78 Å². The third-order valence-corrected chi connectivity index (χ3v) is 2.89. The summed E-state index contributed by atoms with van der Waals surface area (Å²) in [7, 11) is 0. The summed E-state index contributed by atoms with van der Waals surface area (Å²) in [6.45, 7) is 0. The lowest BCUT2D eigenvalue weighted by Crippen LogP contribution is -2.03. The number of nitrogens with zero attached hydrogens (tertiary/aromatic N) is 1. The van der Waals surface area contributed by atoms with Gasteiger partial charge in [-0.1, -0.05) is 29.8 Å². The third kappa shape index (κ3) is 2.65. The van der Waals surface area contributed by atoms with Gasteiger partial charge in [0.25, 0.3) is 0 Å². The molecule has 0 unspecified atom stereocenters. The third-order valence-electron chi connectivity index (χ3n) is 2.52. The Morgan fingerprint density at radius 3 is 2.82 bits per heavy atom. The minimum atomic E-state index is -1.01. The Labute approximate surface area is 103 Å². The molecule has 2 rings (SSSR count). The zero-order valence-electron chi connectivity index (χ0n) is 8.98. The van der Waals surface area contributed by atoms with Gasteiger partial charge in [0.05, 0.1) is 6.33 Å². The van der Waals surface area contributed by atoms with E-state index in [0.29, 0.717) is 23.6 Å². The molecule has 4 nitrogen and oxygen atoms in total. The summed E-state index contributed by atoms with van der Waals surface area (Å²) in [5, 5.41) is 9.60. The number of H-pyrrole nitrogens is 1. The highest BCUT2D eigenvalue weighted by atomic mass is 35.5. The summed E-state index contributed by atoms with van der Waals surface area (Å²) >= 11 is 6.02. The summed E-state index contributed by atoms with van der Waals surface area (Å²) in [4.78, 5) is 17.5. The van der Waals surface area contributed by atoms with E-state index in [1.807, 2.05) is 24.3 Å². The molecule has 1 heterocycles. The van der Waals surface area contributed by atoms with E-state index in [1.54, 1.807) is 0 Å². The van der Waals surface area contributed by atoms with Crippen molar-refractivity contribution in [1.29, 1.82) is 0 Å². The van der Waals surface area contributed by atoms with Crippen LogP contribution in [0.1, 0.15) is 21.7 Å². The predicted molar refractivity (Wildman–Crippen MR) is 64.4 cm³/mol. The molecule has 0 aliphatic rings. The van der Waals surface area contributed by atoms with Crippen LogP contribution < -0.4 is 0 Å². The molecule has 2 aromatic rings. The number of imidazole rings is 1. The minimum Gasteiger partial charge on any atom is -0.476 e. The van der Waals surface area contributed by atoms with Gasteiger partial charge in [-0.15, -0.1) is 0 Å². The van der Waals surface area contributed by atoms with E-state index in [1.165, 1.54) is 6.33 Å². The maximum absolute atomic E-state index is 10.9. The molecule has 1 aromatic heterocycles. The molecule has 0 amide bonds. The first kappa shape index (κ1) is 11.7. The van der Waals surface area contributed by atoms with Crippen LogP contribution in [-0.2, 0) is 12.8 Å². The molecule has 17 heavy (non-hydrogen) atoms. The second-order valence-corrected chi connectivity index (χ2v) is 4.03. The van der Waals surface area contributed by atoms with Gasteiger partial charge in [-0.2, -0.15) is 0 Å². The molecule has 0 saturated heterocycles. The monoisotopic (exact) mass is 250 g/mol. The topological polar surface area (TPSA) is 66.0 Å². The van der Waals surface area contributed by atoms with Crippen LogP contribution in [0.5, 0.6) is 0 Å². The highest BCUT2D eigenvalue weighted by Crippen LogP contribution is 2.17. The average molecular weight is 251 g/mol. The Balaban J connectivity index is 2.10. The van der Waals surface area contributed by atoms with Crippen molar-refractivity contribution < 1.29 is 9.90 Å². The fourth-order valence-electron chi connectivity index (χ4n) is 1.66. The van der Waals surface area contributed by atoms with E-state index < -0.39 is 5.97 Å². The molecule has 0 fully saturated rings. The minimum absolute atomic E-state index is 0.0806. The molecule has 0 radical (unpaired) electrons. The number of benzene rings is 1. The van der Waals surface area contributed by atoms with E-state index in [0.717, 1.165) is 5.56 Å². The van der Waals surface area contributed by atoms with Gasteiger partial charge in [0.15, 0.2) is 5.69 Å². The van der Waals surface area contributed by atoms with E-state index >= 15 is 0 Å². The van der Waals surface area contributed by atoms with Gasteiger partial charge in [0, 0.05) is 10.7 Å². The zero-order chi connectivity index (χ0) is 12.3. The Kier molecular flexibility index (Phi) is 3.44. The molecule has 2 N–H and O–H groups in total. The number of aromatic amines is 1. The van der Waals surface area contributed by atoms with Crippen LogP contribution in [0.25, 0.3) is 0 Å². The molecule has 0 saturated carbocycles. The van der Waals surface area contributed by atoms with Gasteiger partial charge < -0.3 is 10.1 Å². The van der Waals surface area contributed by atoms with Crippen LogP contribution in [0.3, 0.4) is 0 Å². The van der Waals surface area contributed by atoms with E-state index in [-0.39, 0.29) is 5.69 Å². The zero-order valence-corrected chi connectivity index (χ0v) is 9.74. The van der Waals surface area contributed by atoms with Gasteiger partial charge >= 0.3 is 5.97 Å². The largest absolute Gasteiger partial charge is 0.476 e. The molecular weight excluding hydrogens is 240 g/mol. The number of rotatable bonds is 4. The fraction of sp³-hybridized carbons (Fsp3) is 0.167. The molecule has 0 atom stereocenters. The molecule has 0 bridgehead atoms. The number of hydrogen-bond acceptors (Lipinski definition) is 2. The summed E-state index contributed by atoms with van der Waals surface area (Å²) in [5.41, 5.74) is 1.70. The van der Waals surface area contributed by atoms with E-state index in [4.69, 9.17) is 16.7 Å². The first-order valence-electron chi connectivity index (χ1n) is 5.17. The van der Waals surface area contributed by atoms with Crippen molar-refractivity contribution >= 4 is 17.6 Å². The second kappa shape index (κ2) is 5.01. The standard InChI is InChI=1S/C12H11ClN2O2/c13-9-4-2-1-3-8(9)5-6-10-11(12(16)17)15-7-14-10/h1-4,7H,5-6H2,(H,14,15)(H,16,17). The normalized spacial score (nSPS) is 10.4. The number of carbonyl (C=O) groups is 1. The quantitative estimate of drug-likeness (QED) is 0.876. The van der Waals surface area contributed by atoms with Crippen molar-refractivity contribution in [3.05, 3.63) is 52.6 Å². The van der Waals surface area contributed by atoms with E-state index in [2.05, 4.69) is 9.97 Å². The molecule has 0 aliphatic carbocycles. The summed E-state index contributed by atoms with van der Waals surface area (Å²) in [6.07, 6.45) is 2.65. The van der Waals surface area contributed by atoms with Crippen LogP contribution in [0.2, 0.25) is 5.02 Å². The van der Waals surface area contributed by atoms with Crippen LogP contribution in [0, 0.1) is 0 Å². The maximum Gasteiger partial charge on any atom is 0.356 e. The van der Waals surface area contributed by atoms with Crippen molar-refractivity contribution in [2.75, 3.05) is 0 Å². The lowest BCUT2D eigenvalue weighted by molar-refractivity contribution is 0.0690. The lowest BCUT2D eigenvalue weighted by Gasteiger charge is -2.03. The van der Waals surface area contributed by atoms with Crippen molar-refractivity contribution in [2.24, 2.45) is 0 Å². The van der Waals surface area contributed by atoms with Gasteiger partial charge in [0.1, 0.15) is 0 Å². The van der Waals surface area contributed by atoms with Gasteiger partial charge in [-0.3, -0.25) is 0 Å². The van der Waals surface area contributed by atoms with Crippen LogP contribution in [0.15, 0.2) is 30.6 Å².